The number of esters is 1. The van der Waals surface area contributed by atoms with Crippen molar-refractivity contribution >= 4 is 29.4 Å². The second kappa shape index (κ2) is 12.5. The summed E-state index contributed by atoms with van der Waals surface area (Å²) in [4.78, 5) is 51.0. The molecule has 2 aliphatic rings. The monoisotopic (exact) mass is 474 g/mol. The molecule has 0 aromatic heterocycles. The van der Waals surface area contributed by atoms with Crippen molar-refractivity contribution < 1.29 is 28.7 Å². The fourth-order valence-electron chi connectivity index (χ4n) is 3.85. The maximum absolute atomic E-state index is 12.6. The zero-order chi connectivity index (χ0) is 24.5. The van der Waals surface area contributed by atoms with E-state index in [0.29, 0.717) is 30.9 Å². The molecule has 3 rings (SSSR count). The van der Waals surface area contributed by atoms with Crippen LogP contribution in [-0.4, -0.2) is 80.1 Å². The van der Waals surface area contributed by atoms with Crippen LogP contribution in [0.2, 0.25) is 0 Å². The number of piperazine rings is 1. The van der Waals surface area contributed by atoms with Gasteiger partial charge in [0, 0.05) is 37.5 Å². The lowest BCUT2D eigenvalue weighted by Gasteiger charge is -2.33. The lowest BCUT2D eigenvalue weighted by Crippen LogP contribution is -2.57. The number of nitrogens with one attached hydrogen (secondary N) is 3. The Morgan fingerprint density at radius 1 is 1.24 bits per heavy atom. The zero-order valence-corrected chi connectivity index (χ0v) is 19.8. The first-order chi connectivity index (χ1) is 16.3. The van der Waals surface area contributed by atoms with Gasteiger partial charge in [-0.15, -0.1) is 0 Å². The highest BCUT2D eigenvalue weighted by molar-refractivity contribution is 5.96. The van der Waals surface area contributed by atoms with E-state index < -0.39 is 12.0 Å². The summed E-state index contributed by atoms with van der Waals surface area (Å²) in [6.07, 6.45) is 1.92. The van der Waals surface area contributed by atoms with Crippen LogP contribution in [0.4, 0.5) is 5.69 Å². The van der Waals surface area contributed by atoms with Gasteiger partial charge in [0.1, 0.15) is 6.04 Å². The summed E-state index contributed by atoms with van der Waals surface area (Å²) < 4.78 is 10.7. The van der Waals surface area contributed by atoms with E-state index in [1.165, 1.54) is 0 Å². The Labute approximate surface area is 199 Å². The van der Waals surface area contributed by atoms with Gasteiger partial charge in [-0.05, 0) is 43.0 Å². The van der Waals surface area contributed by atoms with Gasteiger partial charge in [0.05, 0.1) is 25.7 Å². The topological polar surface area (TPSA) is 126 Å². The van der Waals surface area contributed by atoms with E-state index in [-0.39, 0.29) is 49.3 Å². The molecule has 34 heavy (non-hydrogen) atoms. The second-order valence-electron chi connectivity index (χ2n) is 9.03. The number of carbonyl (C=O) groups is 4. The number of amides is 3. The SMILES string of the molecule is CC(C)COC(=O)CC1C(=O)NCCN1CC(=O)Nc1ccc(C(=O)NCC2CCCO2)cc1. The summed E-state index contributed by atoms with van der Waals surface area (Å²) in [7, 11) is 0. The molecule has 0 spiro atoms. The normalized spacial score (nSPS) is 20.6. The molecule has 2 atom stereocenters. The van der Waals surface area contributed by atoms with Crippen LogP contribution in [0.15, 0.2) is 24.3 Å². The molecule has 3 amide bonds. The molecular weight excluding hydrogens is 440 g/mol. The highest BCUT2D eigenvalue weighted by Gasteiger charge is 2.33. The Kier molecular flexibility index (Phi) is 9.41. The summed E-state index contributed by atoms with van der Waals surface area (Å²) in [6.45, 7) is 6.18. The lowest BCUT2D eigenvalue weighted by atomic mass is 10.1. The first-order valence-electron chi connectivity index (χ1n) is 11.8. The van der Waals surface area contributed by atoms with Crippen molar-refractivity contribution in [1.29, 1.82) is 0 Å². The van der Waals surface area contributed by atoms with Crippen LogP contribution in [0, 0.1) is 5.92 Å². The Balaban J connectivity index is 1.49. The third kappa shape index (κ3) is 7.81. The first-order valence-corrected chi connectivity index (χ1v) is 11.8. The molecule has 1 aromatic carbocycles. The summed E-state index contributed by atoms with van der Waals surface area (Å²) in [5.41, 5.74) is 1.03. The van der Waals surface area contributed by atoms with E-state index >= 15 is 0 Å². The van der Waals surface area contributed by atoms with Crippen molar-refractivity contribution in [1.82, 2.24) is 15.5 Å². The average molecular weight is 475 g/mol. The second-order valence-corrected chi connectivity index (χ2v) is 9.03. The molecule has 10 heteroatoms. The van der Waals surface area contributed by atoms with E-state index in [1.54, 1.807) is 29.2 Å². The van der Waals surface area contributed by atoms with E-state index in [9.17, 15) is 19.2 Å². The molecule has 0 saturated carbocycles. The van der Waals surface area contributed by atoms with Crippen molar-refractivity contribution in [3.8, 4) is 0 Å². The van der Waals surface area contributed by atoms with E-state index in [4.69, 9.17) is 9.47 Å². The summed E-state index contributed by atoms with van der Waals surface area (Å²) in [5, 5.41) is 8.38. The van der Waals surface area contributed by atoms with Crippen LogP contribution in [0.1, 0.15) is 43.5 Å². The molecule has 186 valence electrons. The van der Waals surface area contributed by atoms with Crippen LogP contribution in [0.3, 0.4) is 0 Å². The summed E-state index contributed by atoms with van der Waals surface area (Å²) >= 11 is 0. The fourth-order valence-corrected chi connectivity index (χ4v) is 3.85. The van der Waals surface area contributed by atoms with Crippen molar-refractivity contribution in [3.63, 3.8) is 0 Å². The number of hydrogen-bond donors (Lipinski definition) is 3. The molecule has 10 nitrogen and oxygen atoms in total. The number of hydrogen-bond acceptors (Lipinski definition) is 7. The first kappa shape index (κ1) is 25.6. The molecule has 2 saturated heterocycles. The molecule has 2 fully saturated rings. The predicted octanol–water partition coefficient (Wildman–Crippen LogP) is 0.924. The van der Waals surface area contributed by atoms with Gasteiger partial charge in [-0.25, -0.2) is 0 Å². The molecule has 2 unspecified atom stereocenters. The summed E-state index contributed by atoms with van der Waals surface area (Å²) in [6, 6.07) is 5.84. The van der Waals surface area contributed by atoms with Crippen LogP contribution < -0.4 is 16.0 Å². The number of carbonyl (C=O) groups excluding carboxylic acids is 4. The standard InChI is InChI=1S/C24H34N4O6/c1-16(2)15-34-22(30)12-20-24(32)25-9-10-28(20)14-21(29)27-18-7-5-17(6-8-18)23(31)26-13-19-4-3-11-33-19/h5-8,16,19-20H,3-4,9-15H2,1-2H3,(H,25,32)(H,26,31)(H,27,29). The molecule has 0 aliphatic carbocycles. The van der Waals surface area contributed by atoms with E-state index in [1.807, 2.05) is 13.8 Å². The third-order valence-corrected chi connectivity index (χ3v) is 5.67. The molecule has 2 aliphatic heterocycles. The molecule has 3 N–H and O–H groups in total. The number of ether oxygens (including phenoxy) is 2. The maximum atomic E-state index is 12.6. The van der Waals surface area contributed by atoms with Gasteiger partial charge < -0.3 is 25.4 Å². The fraction of sp³-hybridized carbons (Fsp3) is 0.583. The van der Waals surface area contributed by atoms with Crippen LogP contribution in [0.25, 0.3) is 0 Å². The van der Waals surface area contributed by atoms with Crippen LogP contribution in [-0.2, 0) is 23.9 Å². The highest BCUT2D eigenvalue weighted by atomic mass is 16.5. The van der Waals surface area contributed by atoms with Crippen molar-refractivity contribution in [2.45, 2.75) is 45.3 Å². The number of rotatable bonds is 10. The Hall–Kier alpha value is -2.98. The third-order valence-electron chi connectivity index (χ3n) is 5.67. The quantitative estimate of drug-likeness (QED) is 0.431. The van der Waals surface area contributed by atoms with Crippen molar-refractivity contribution in [2.24, 2.45) is 5.92 Å². The Morgan fingerprint density at radius 3 is 2.68 bits per heavy atom. The predicted molar refractivity (Wildman–Crippen MR) is 125 cm³/mol. The van der Waals surface area contributed by atoms with Gasteiger partial charge >= 0.3 is 5.97 Å². The van der Waals surface area contributed by atoms with Gasteiger partial charge in [-0.2, -0.15) is 0 Å². The van der Waals surface area contributed by atoms with Crippen LogP contribution >= 0.6 is 0 Å². The average Bonchev–Trinajstić information content (AvgIpc) is 3.32. The van der Waals surface area contributed by atoms with E-state index in [0.717, 1.165) is 19.4 Å². The number of benzene rings is 1. The minimum atomic E-state index is -0.755. The molecule has 2 heterocycles. The van der Waals surface area contributed by atoms with Crippen molar-refractivity contribution in [2.75, 3.05) is 44.7 Å². The Morgan fingerprint density at radius 2 is 2.00 bits per heavy atom. The molecular formula is C24H34N4O6. The Bertz CT molecular complexity index is 867. The molecule has 1 aromatic rings. The van der Waals surface area contributed by atoms with Crippen molar-refractivity contribution in [3.05, 3.63) is 29.8 Å². The lowest BCUT2D eigenvalue weighted by molar-refractivity contribution is -0.149. The minimum Gasteiger partial charge on any atom is -0.465 e. The van der Waals surface area contributed by atoms with Gasteiger partial charge in [-0.1, -0.05) is 13.8 Å². The molecule has 0 radical (unpaired) electrons. The number of nitrogens with zero attached hydrogens (tertiary/aromatic N) is 1. The number of anilines is 1. The minimum absolute atomic E-state index is 0.0425. The van der Waals surface area contributed by atoms with Gasteiger partial charge in [0.2, 0.25) is 11.8 Å². The smallest absolute Gasteiger partial charge is 0.307 e. The van der Waals surface area contributed by atoms with Gasteiger partial charge in [-0.3, -0.25) is 24.1 Å². The van der Waals surface area contributed by atoms with Gasteiger partial charge in [0.15, 0.2) is 0 Å². The highest BCUT2D eigenvalue weighted by Crippen LogP contribution is 2.14. The largest absolute Gasteiger partial charge is 0.465 e. The van der Waals surface area contributed by atoms with Gasteiger partial charge in [0.25, 0.3) is 5.91 Å². The van der Waals surface area contributed by atoms with E-state index in [2.05, 4.69) is 16.0 Å². The van der Waals surface area contributed by atoms with Crippen LogP contribution in [0.5, 0.6) is 0 Å². The summed E-state index contributed by atoms with van der Waals surface area (Å²) in [5.74, 6) is -1.07. The molecule has 0 bridgehead atoms. The maximum Gasteiger partial charge on any atom is 0.307 e. The zero-order valence-electron chi connectivity index (χ0n) is 19.8.